The van der Waals surface area contributed by atoms with Crippen molar-refractivity contribution in [2.45, 2.75) is 13.0 Å². The lowest BCUT2D eigenvalue weighted by atomic mass is 10.1. The fraction of sp³-hybridized carbons (Fsp3) is 0.350. The predicted molar refractivity (Wildman–Crippen MR) is 113 cm³/mol. The second kappa shape index (κ2) is 8.39. The molecule has 2 aliphatic rings. The van der Waals surface area contributed by atoms with E-state index in [0.717, 1.165) is 26.2 Å². The molecule has 2 aromatic carbocycles. The van der Waals surface area contributed by atoms with Gasteiger partial charge in [0.1, 0.15) is 5.75 Å². The third-order valence-electron chi connectivity index (χ3n) is 5.06. The molecule has 2 fully saturated rings. The third kappa shape index (κ3) is 4.62. The van der Waals surface area contributed by atoms with Crippen LogP contribution >= 0.6 is 7.67 Å². The molecule has 1 amide bonds. The van der Waals surface area contributed by atoms with E-state index in [4.69, 9.17) is 9.26 Å². The molecule has 0 bridgehead atoms. The SMILES string of the molecule is CNC(=O)c1cccc(Oc2cc(C(C)OP(=O)(N3CC3)N3CC3)ccc2[N+](=O)[O-])c1. The zero-order valence-electron chi connectivity index (χ0n) is 17.2. The summed E-state index contributed by atoms with van der Waals surface area (Å²) in [6, 6.07) is 10.8. The zero-order valence-corrected chi connectivity index (χ0v) is 18.1. The number of carbonyl (C=O) groups is 1. The number of rotatable bonds is 9. The van der Waals surface area contributed by atoms with Crippen LogP contribution in [0.5, 0.6) is 11.5 Å². The fourth-order valence-corrected chi connectivity index (χ4v) is 5.51. The van der Waals surface area contributed by atoms with Crippen molar-refractivity contribution in [3.63, 3.8) is 0 Å². The zero-order chi connectivity index (χ0) is 22.2. The van der Waals surface area contributed by atoms with Crippen molar-refractivity contribution >= 4 is 19.3 Å². The van der Waals surface area contributed by atoms with Gasteiger partial charge in [0.15, 0.2) is 0 Å². The van der Waals surface area contributed by atoms with Crippen LogP contribution in [0.3, 0.4) is 0 Å². The molecule has 2 aromatic rings. The van der Waals surface area contributed by atoms with Crippen LogP contribution in [0.2, 0.25) is 0 Å². The molecule has 0 aliphatic carbocycles. The number of hydrogen-bond donors (Lipinski definition) is 1. The molecule has 1 N–H and O–H groups in total. The van der Waals surface area contributed by atoms with Crippen LogP contribution < -0.4 is 10.1 Å². The molecule has 0 radical (unpaired) electrons. The number of amides is 1. The van der Waals surface area contributed by atoms with E-state index in [9.17, 15) is 19.5 Å². The maximum absolute atomic E-state index is 13.3. The van der Waals surface area contributed by atoms with Gasteiger partial charge in [0.2, 0.25) is 5.75 Å². The van der Waals surface area contributed by atoms with Gasteiger partial charge in [-0.3, -0.25) is 24.0 Å². The summed E-state index contributed by atoms with van der Waals surface area (Å²) in [6.07, 6.45) is -0.563. The lowest BCUT2D eigenvalue weighted by Crippen LogP contribution is -2.17. The Labute approximate surface area is 179 Å². The van der Waals surface area contributed by atoms with Crippen LogP contribution in [-0.4, -0.2) is 53.4 Å². The predicted octanol–water partition coefficient (Wildman–Crippen LogP) is 3.56. The Hall–Kier alpha value is -2.78. The van der Waals surface area contributed by atoms with Gasteiger partial charge in [0.25, 0.3) is 5.91 Å². The van der Waals surface area contributed by atoms with Crippen LogP contribution in [0.15, 0.2) is 42.5 Å². The van der Waals surface area contributed by atoms with Gasteiger partial charge in [-0.2, -0.15) is 0 Å². The lowest BCUT2D eigenvalue weighted by Gasteiger charge is -2.24. The molecule has 4 rings (SSSR count). The molecule has 1 unspecified atom stereocenters. The molecule has 2 heterocycles. The first-order chi connectivity index (χ1) is 14.8. The molecular weight excluding hydrogens is 423 g/mol. The Balaban J connectivity index is 1.60. The van der Waals surface area contributed by atoms with Crippen molar-refractivity contribution in [3.8, 4) is 11.5 Å². The Morgan fingerprint density at radius 2 is 1.84 bits per heavy atom. The molecule has 0 spiro atoms. The number of hydrogen-bond acceptors (Lipinski definition) is 6. The Bertz CT molecular complexity index is 1050. The van der Waals surface area contributed by atoms with Crippen molar-refractivity contribution in [3.05, 3.63) is 63.7 Å². The highest BCUT2D eigenvalue weighted by Gasteiger charge is 2.50. The van der Waals surface area contributed by atoms with Gasteiger partial charge in [-0.1, -0.05) is 6.07 Å². The molecule has 0 aromatic heterocycles. The lowest BCUT2D eigenvalue weighted by molar-refractivity contribution is -0.385. The molecule has 1 atom stereocenters. The quantitative estimate of drug-likeness (QED) is 0.269. The van der Waals surface area contributed by atoms with Gasteiger partial charge in [-0.15, -0.1) is 0 Å². The first kappa shape index (κ1) is 21.5. The number of benzene rings is 2. The van der Waals surface area contributed by atoms with Crippen LogP contribution in [0.4, 0.5) is 5.69 Å². The van der Waals surface area contributed by atoms with Crippen molar-refractivity contribution in [2.24, 2.45) is 0 Å². The first-order valence-corrected chi connectivity index (χ1v) is 11.4. The van der Waals surface area contributed by atoms with Crippen LogP contribution in [0.1, 0.15) is 28.9 Å². The maximum Gasteiger partial charge on any atom is 0.346 e. The summed E-state index contributed by atoms with van der Waals surface area (Å²) < 4.78 is 28.6. The first-order valence-electron chi connectivity index (χ1n) is 9.89. The van der Waals surface area contributed by atoms with Gasteiger partial charge in [-0.05, 0) is 42.8 Å². The number of nitrogens with zero attached hydrogens (tertiary/aromatic N) is 3. The van der Waals surface area contributed by atoms with Crippen molar-refractivity contribution in [2.75, 3.05) is 33.2 Å². The minimum absolute atomic E-state index is 0.0142. The second-order valence-electron chi connectivity index (χ2n) is 7.34. The van der Waals surface area contributed by atoms with E-state index in [1.54, 1.807) is 31.2 Å². The van der Waals surface area contributed by atoms with Crippen LogP contribution in [0, 0.1) is 10.1 Å². The summed E-state index contributed by atoms with van der Waals surface area (Å²) in [5.74, 6) is 0.00528. The minimum Gasteiger partial charge on any atom is -0.450 e. The Kier molecular flexibility index (Phi) is 5.81. The van der Waals surface area contributed by atoms with E-state index in [2.05, 4.69) is 5.32 Å². The number of carbonyl (C=O) groups excluding carboxylic acids is 1. The fourth-order valence-electron chi connectivity index (χ4n) is 3.16. The number of nitro benzene ring substituents is 1. The summed E-state index contributed by atoms with van der Waals surface area (Å²) in [5.41, 5.74) is 0.752. The van der Waals surface area contributed by atoms with Crippen LogP contribution in [0.25, 0.3) is 0 Å². The molecule has 11 heteroatoms. The summed E-state index contributed by atoms with van der Waals surface area (Å²) >= 11 is 0. The second-order valence-corrected chi connectivity index (χ2v) is 9.66. The molecule has 2 aliphatic heterocycles. The summed E-state index contributed by atoms with van der Waals surface area (Å²) in [6.45, 7) is 4.69. The van der Waals surface area contributed by atoms with Crippen molar-refractivity contribution in [1.82, 2.24) is 14.7 Å². The van der Waals surface area contributed by atoms with E-state index in [1.165, 1.54) is 25.2 Å². The molecule has 2 saturated heterocycles. The highest BCUT2D eigenvalue weighted by atomic mass is 31.2. The maximum atomic E-state index is 13.3. The van der Waals surface area contributed by atoms with Crippen LogP contribution in [-0.2, 0) is 9.09 Å². The Morgan fingerprint density at radius 1 is 1.16 bits per heavy atom. The average molecular weight is 446 g/mol. The van der Waals surface area contributed by atoms with Crippen molar-refractivity contribution < 1.29 is 23.5 Å². The van der Waals surface area contributed by atoms with Gasteiger partial charge >= 0.3 is 13.4 Å². The van der Waals surface area contributed by atoms with Gasteiger partial charge < -0.3 is 10.1 Å². The average Bonchev–Trinajstić information content (AvgIpc) is 3.65. The summed E-state index contributed by atoms with van der Waals surface area (Å²) in [7, 11) is -1.53. The topological polar surface area (TPSA) is 114 Å². The monoisotopic (exact) mass is 446 g/mol. The number of nitro groups is 1. The normalized spacial score (nSPS) is 17.1. The number of ether oxygens (including phenoxy) is 1. The highest BCUT2D eigenvalue weighted by Crippen LogP contribution is 2.63. The van der Waals surface area contributed by atoms with E-state index >= 15 is 0 Å². The van der Waals surface area contributed by atoms with Gasteiger partial charge in [0, 0.05) is 44.9 Å². The molecule has 31 heavy (non-hydrogen) atoms. The molecular formula is C20H23N4O6P. The summed E-state index contributed by atoms with van der Waals surface area (Å²) in [5, 5.41) is 14.0. The molecule has 0 saturated carbocycles. The van der Waals surface area contributed by atoms with E-state index < -0.39 is 18.7 Å². The Morgan fingerprint density at radius 3 is 2.42 bits per heavy atom. The molecule has 164 valence electrons. The van der Waals surface area contributed by atoms with E-state index in [0.29, 0.717) is 11.1 Å². The highest BCUT2D eigenvalue weighted by molar-refractivity contribution is 7.54. The van der Waals surface area contributed by atoms with Gasteiger partial charge in [0.05, 0.1) is 11.0 Å². The van der Waals surface area contributed by atoms with E-state index in [-0.39, 0.29) is 23.1 Å². The summed E-state index contributed by atoms with van der Waals surface area (Å²) in [4.78, 5) is 22.8. The smallest absolute Gasteiger partial charge is 0.346 e. The molecule has 10 nitrogen and oxygen atoms in total. The minimum atomic E-state index is -3.05. The number of nitrogens with one attached hydrogen (secondary N) is 1. The van der Waals surface area contributed by atoms with Crippen molar-refractivity contribution in [1.29, 1.82) is 0 Å². The third-order valence-corrected chi connectivity index (χ3v) is 7.88. The standard InChI is InChI=1S/C20H23N4O6P/c1-14(30-31(28,22-8-9-22)23-10-11-23)15-6-7-18(24(26)27)19(13-15)29-17-5-3-4-16(12-17)20(25)21-2/h3-7,12-14H,8-11H2,1-2H3,(H,21,25). The van der Waals surface area contributed by atoms with E-state index in [1.807, 2.05) is 9.34 Å². The largest absolute Gasteiger partial charge is 0.450 e. The van der Waals surface area contributed by atoms with Gasteiger partial charge in [-0.25, -0.2) is 9.34 Å².